The molecular formula is C17H26N2O3. The molecule has 0 amide bonds. The van der Waals surface area contributed by atoms with Crippen LogP contribution in [0.5, 0.6) is 11.5 Å². The largest absolute Gasteiger partial charge is 0.496 e. The molecule has 5 heteroatoms. The standard InChI is InChI=1S/C17H26N2O3/c1-12-6-13-7-16(20-3)14(8-17(13)22-12)9-18-10-15-11-19(2)4-5-21-15/h7-8,12,15,18H,4-6,9-11H2,1-3H3. The minimum Gasteiger partial charge on any atom is -0.496 e. The Morgan fingerprint density at radius 3 is 3.05 bits per heavy atom. The van der Waals surface area contributed by atoms with Gasteiger partial charge in [0.2, 0.25) is 0 Å². The topological polar surface area (TPSA) is 43.0 Å². The van der Waals surface area contributed by atoms with E-state index in [9.17, 15) is 0 Å². The molecular weight excluding hydrogens is 280 g/mol. The normalized spacial score (nSPS) is 24.9. The van der Waals surface area contributed by atoms with Crippen molar-refractivity contribution in [2.75, 3.05) is 40.4 Å². The lowest BCUT2D eigenvalue weighted by Gasteiger charge is -2.30. The molecule has 0 radical (unpaired) electrons. The van der Waals surface area contributed by atoms with Crippen molar-refractivity contribution in [3.05, 3.63) is 23.3 Å². The van der Waals surface area contributed by atoms with E-state index in [0.717, 1.165) is 56.3 Å². The predicted molar refractivity (Wildman–Crippen MR) is 85.7 cm³/mol. The molecule has 1 aromatic rings. The van der Waals surface area contributed by atoms with E-state index in [1.807, 2.05) is 0 Å². The molecule has 0 aromatic heterocycles. The second-order valence-corrected chi connectivity index (χ2v) is 6.29. The second kappa shape index (κ2) is 6.86. The lowest BCUT2D eigenvalue weighted by Crippen LogP contribution is -2.44. The van der Waals surface area contributed by atoms with E-state index in [2.05, 4.69) is 36.3 Å². The zero-order valence-corrected chi connectivity index (χ0v) is 13.7. The molecule has 0 bridgehead atoms. The number of nitrogens with one attached hydrogen (secondary N) is 1. The maximum absolute atomic E-state index is 5.84. The molecule has 1 aromatic carbocycles. The third-order valence-electron chi connectivity index (χ3n) is 4.33. The number of morpholine rings is 1. The number of methoxy groups -OCH3 is 1. The van der Waals surface area contributed by atoms with Crippen molar-refractivity contribution in [2.24, 2.45) is 0 Å². The second-order valence-electron chi connectivity index (χ2n) is 6.29. The average Bonchev–Trinajstić information content (AvgIpc) is 2.85. The van der Waals surface area contributed by atoms with Crippen molar-refractivity contribution in [2.45, 2.75) is 32.1 Å². The van der Waals surface area contributed by atoms with Gasteiger partial charge in [0.25, 0.3) is 0 Å². The van der Waals surface area contributed by atoms with E-state index in [1.54, 1.807) is 7.11 Å². The lowest BCUT2D eigenvalue weighted by atomic mass is 10.1. The molecule has 1 saturated heterocycles. The van der Waals surface area contributed by atoms with Crippen LogP contribution in [0.1, 0.15) is 18.1 Å². The molecule has 0 spiro atoms. The van der Waals surface area contributed by atoms with Crippen LogP contribution in [0.2, 0.25) is 0 Å². The van der Waals surface area contributed by atoms with Gasteiger partial charge in [-0.1, -0.05) is 0 Å². The molecule has 2 heterocycles. The number of hydrogen-bond acceptors (Lipinski definition) is 5. The van der Waals surface area contributed by atoms with Gasteiger partial charge >= 0.3 is 0 Å². The first-order valence-electron chi connectivity index (χ1n) is 8.03. The van der Waals surface area contributed by atoms with Crippen LogP contribution < -0.4 is 14.8 Å². The Hall–Kier alpha value is -1.30. The average molecular weight is 306 g/mol. The van der Waals surface area contributed by atoms with Gasteiger partial charge in [0.05, 0.1) is 19.8 Å². The summed E-state index contributed by atoms with van der Waals surface area (Å²) >= 11 is 0. The highest BCUT2D eigenvalue weighted by molar-refractivity contribution is 5.48. The Morgan fingerprint density at radius 1 is 1.41 bits per heavy atom. The van der Waals surface area contributed by atoms with Crippen LogP contribution in [0.25, 0.3) is 0 Å². The Kier molecular flexibility index (Phi) is 4.86. The van der Waals surface area contributed by atoms with Crippen molar-refractivity contribution in [3.8, 4) is 11.5 Å². The fourth-order valence-corrected chi connectivity index (χ4v) is 3.17. The number of likely N-dealkylation sites (N-methyl/N-ethyl adjacent to an activating group) is 1. The van der Waals surface area contributed by atoms with Crippen molar-refractivity contribution >= 4 is 0 Å². The van der Waals surface area contributed by atoms with E-state index >= 15 is 0 Å². The van der Waals surface area contributed by atoms with Gasteiger partial charge in [-0.15, -0.1) is 0 Å². The van der Waals surface area contributed by atoms with Gasteiger partial charge in [-0.3, -0.25) is 0 Å². The minimum absolute atomic E-state index is 0.258. The number of rotatable bonds is 5. The van der Waals surface area contributed by atoms with Gasteiger partial charge in [0.15, 0.2) is 0 Å². The molecule has 0 saturated carbocycles. The first-order valence-corrected chi connectivity index (χ1v) is 8.03. The molecule has 1 N–H and O–H groups in total. The summed E-state index contributed by atoms with van der Waals surface area (Å²) in [5.74, 6) is 1.93. The number of hydrogen-bond donors (Lipinski definition) is 1. The van der Waals surface area contributed by atoms with Crippen LogP contribution in [0.3, 0.4) is 0 Å². The predicted octanol–water partition coefficient (Wildman–Crippen LogP) is 1.44. The van der Waals surface area contributed by atoms with E-state index in [0.29, 0.717) is 0 Å². The smallest absolute Gasteiger partial charge is 0.123 e. The highest BCUT2D eigenvalue weighted by Crippen LogP contribution is 2.34. The third kappa shape index (κ3) is 3.54. The molecule has 5 nitrogen and oxygen atoms in total. The summed E-state index contributed by atoms with van der Waals surface area (Å²) in [6.45, 7) is 6.53. The molecule has 122 valence electrons. The highest BCUT2D eigenvalue weighted by Gasteiger charge is 2.22. The number of benzene rings is 1. The highest BCUT2D eigenvalue weighted by atomic mass is 16.5. The van der Waals surface area contributed by atoms with Crippen molar-refractivity contribution < 1.29 is 14.2 Å². The van der Waals surface area contributed by atoms with Crippen LogP contribution >= 0.6 is 0 Å². The Morgan fingerprint density at radius 2 is 2.27 bits per heavy atom. The zero-order valence-electron chi connectivity index (χ0n) is 13.7. The fourth-order valence-electron chi connectivity index (χ4n) is 3.17. The van der Waals surface area contributed by atoms with Crippen molar-refractivity contribution in [1.82, 2.24) is 10.2 Å². The molecule has 2 aliphatic rings. The molecule has 22 heavy (non-hydrogen) atoms. The van der Waals surface area contributed by atoms with Crippen LogP contribution in [-0.4, -0.2) is 57.5 Å². The molecule has 2 aliphatic heterocycles. The van der Waals surface area contributed by atoms with E-state index in [1.165, 1.54) is 5.56 Å². The third-order valence-corrected chi connectivity index (χ3v) is 4.33. The SMILES string of the molecule is COc1cc2c(cc1CNCC1CN(C)CCO1)OC(C)C2. The molecule has 3 rings (SSSR count). The summed E-state index contributed by atoms with van der Waals surface area (Å²) in [4.78, 5) is 2.31. The maximum Gasteiger partial charge on any atom is 0.123 e. The Bertz CT molecular complexity index is 521. The van der Waals surface area contributed by atoms with Gasteiger partial charge < -0.3 is 24.4 Å². The van der Waals surface area contributed by atoms with Crippen molar-refractivity contribution in [1.29, 1.82) is 0 Å². The zero-order chi connectivity index (χ0) is 15.5. The van der Waals surface area contributed by atoms with Crippen molar-refractivity contribution in [3.63, 3.8) is 0 Å². The summed E-state index contributed by atoms with van der Waals surface area (Å²) in [6.07, 6.45) is 1.48. The summed E-state index contributed by atoms with van der Waals surface area (Å²) in [5, 5.41) is 3.48. The van der Waals surface area contributed by atoms with Crippen LogP contribution in [0.15, 0.2) is 12.1 Å². The van der Waals surface area contributed by atoms with E-state index < -0.39 is 0 Å². The summed E-state index contributed by atoms with van der Waals surface area (Å²) in [6, 6.07) is 4.22. The Balaban J connectivity index is 1.59. The number of ether oxygens (including phenoxy) is 3. The molecule has 1 fully saturated rings. The van der Waals surface area contributed by atoms with Gasteiger partial charge in [-0.2, -0.15) is 0 Å². The molecule has 2 unspecified atom stereocenters. The lowest BCUT2D eigenvalue weighted by molar-refractivity contribution is -0.0182. The Labute approximate surface area is 132 Å². The maximum atomic E-state index is 5.84. The van der Waals surface area contributed by atoms with Crippen LogP contribution in [0.4, 0.5) is 0 Å². The quantitative estimate of drug-likeness (QED) is 0.892. The molecule has 0 aliphatic carbocycles. The number of fused-ring (bicyclic) bond motifs is 1. The van der Waals surface area contributed by atoms with Gasteiger partial charge in [0, 0.05) is 43.7 Å². The van der Waals surface area contributed by atoms with Gasteiger partial charge in [-0.05, 0) is 26.1 Å². The summed E-state index contributed by atoms with van der Waals surface area (Å²) in [7, 11) is 3.86. The first-order chi connectivity index (χ1) is 10.7. The van der Waals surface area contributed by atoms with Gasteiger partial charge in [-0.25, -0.2) is 0 Å². The fraction of sp³-hybridized carbons (Fsp3) is 0.647. The monoisotopic (exact) mass is 306 g/mol. The summed E-state index contributed by atoms with van der Waals surface area (Å²) in [5.41, 5.74) is 2.38. The van der Waals surface area contributed by atoms with E-state index in [4.69, 9.17) is 14.2 Å². The van der Waals surface area contributed by atoms with E-state index in [-0.39, 0.29) is 12.2 Å². The minimum atomic E-state index is 0.258. The van der Waals surface area contributed by atoms with Gasteiger partial charge in [0.1, 0.15) is 17.6 Å². The first kappa shape index (κ1) is 15.6. The van der Waals surface area contributed by atoms with Crippen LogP contribution in [-0.2, 0) is 17.7 Å². The molecule has 2 atom stereocenters. The summed E-state index contributed by atoms with van der Waals surface area (Å²) < 4.78 is 17.1. The number of nitrogens with zero attached hydrogens (tertiary/aromatic N) is 1. The van der Waals surface area contributed by atoms with Crippen LogP contribution in [0, 0.1) is 0 Å².